The quantitative estimate of drug-likeness (QED) is 0.745. The number of nitriles is 1. The lowest BCUT2D eigenvalue weighted by Crippen LogP contribution is -2.49. The largest absolute Gasteiger partial charge is 0.484 e. The Morgan fingerprint density at radius 1 is 1.18 bits per heavy atom. The van der Waals surface area contributed by atoms with Gasteiger partial charge in [0.1, 0.15) is 11.3 Å². The molecule has 0 saturated carbocycles. The molecule has 2 aromatic carbocycles. The Morgan fingerprint density at radius 2 is 1.86 bits per heavy atom. The second-order valence-corrected chi connectivity index (χ2v) is 6.16. The molecule has 0 unspecified atom stereocenters. The van der Waals surface area contributed by atoms with Crippen LogP contribution in [0.4, 0.5) is 4.79 Å². The third kappa shape index (κ3) is 3.50. The maximum Gasteiger partial charge on any atom is 0.344 e. The molecule has 0 bridgehead atoms. The zero-order chi connectivity index (χ0) is 20.1. The molecule has 0 aromatic heterocycles. The van der Waals surface area contributed by atoms with Crippen LogP contribution in [0.2, 0.25) is 0 Å². The van der Waals surface area contributed by atoms with Crippen LogP contribution in [0.3, 0.4) is 0 Å². The molecule has 8 nitrogen and oxygen atoms in total. The van der Waals surface area contributed by atoms with E-state index in [1.807, 2.05) is 12.1 Å². The summed E-state index contributed by atoms with van der Waals surface area (Å²) in [5.74, 6) is -0.829. The van der Waals surface area contributed by atoms with Crippen molar-refractivity contribution in [2.75, 3.05) is 6.61 Å². The second-order valence-electron chi connectivity index (χ2n) is 6.16. The minimum Gasteiger partial charge on any atom is -0.484 e. The van der Waals surface area contributed by atoms with E-state index in [1.54, 1.807) is 55.5 Å². The van der Waals surface area contributed by atoms with Gasteiger partial charge in [0, 0.05) is 0 Å². The van der Waals surface area contributed by atoms with E-state index in [1.165, 1.54) is 0 Å². The van der Waals surface area contributed by atoms with E-state index in [0.29, 0.717) is 28.3 Å². The second kappa shape index (κ2) is 7.80. The Bertz CT molecular complexity index is 937. The number of carbonyl (C=O) groups is 3. The van der Waals surface area contributed by atoms with Crippen molar-refractivity contribution in [1.29, 1.82) is 5.26 Å². The van der Waals surface area contributed by atoms with Gasteiger partial charge in [-0.1, -0.05) is 37.3 Å². The molecule has 1 aliphatic heterocycles. The fourth-order valence-electron chi connectivity index (χ4n) is 2.97. The van der Waals surface area contributed by atoms with Crippen LogP contribution in [-0.4, -0.2) is 29.5 Å². The van der Waals surface area contributed by atoms with Gasteiger partial charge < -0.3 is 10.1 Å². The van der Waals surface area contributed by atoms with Gasteiger partial charge in [-0.2, -0.15) is 10.3 Å². The molecule has 1 fully saturated rings. The van der Waals surface area contributed by atoms with Gasteiger partial charge in [-0.15, -0.1) is 0 Å². The Hall–Kier alpha value is -3.86. The van der Waals surface area contributed by atoms with E-state index in [0.717, 1.165) is 0 Å². The highest BCUT2D eigenvalue weighted by atomic mass is 16.5. The number of ether oxygens (including phenoxy) is 1. The number of hydrogen-bond donors (Lipinski definition) is 2. The average Bonchev–Trinajstić information content (AvgIpc) is 2.98. The number of hydrazine groups is 1. The van der Waals surface area contributed by atoms with E-state index in [2.05, 4.69) is 10.7 Å². The summed E-state index contributed by atoms with van der Waals surface area (Å²) in [5, 5.41) is 12.1. The van der Waals surface area contributed by atoms with Crippen LogP contribution in [0.25, 0.3) is 0 Å². The lowest BCUT2D eigenvalue weighted by atomic mass is 9.87. The van der Waals surface area contributed by atoms with Crippen molar-refractivity contribution in [3.05, 3.63) is 65.7 Å². The summed E-state index contributed by atoms with van der Waals surface area (Å²) in [6.45, 7) is 1.39. The summed E-state index contributed by atoms with van der Waals surface area (Å²) in [5.41, 5.74) is 2.17. The molecule has 28 heavy (non-hydrogen) atoms. The molecular formula is C20H18N4O4. The number of benzene rings is 2. The highest BCUT2D eigenvalue weighted by Crippen LogP contribution is 2.31. The Balaban J connectivity index is 1.66. The molecule has 1 heterocycles. The van der Waals surface area contributed by atoms with Gasteiger partial charge in [0.2, 0.25) is 0 Å². The summed E-state index contributed by atoms with van der Waals surface area (Å²) in [6.07, 6.45) is 0.329. The topological polar surface area (TPSA) is 112 Å². The molecule has 8 heteroatoms. The number of carbonyl (C=O) groups excluding carboxylic acids is 3. The number of hydrogen-bond acceptors (Lipinski definition) is 5. The average molecular weight is 378 g/mol. The first-order chi connectivity index (χ1) is 13.5. The maximum absolute atomic E-state index is 12.9. The van der Waals surface area contributed by atoms with Crippen LogP contribution in [0.1, 0.15) is 24.5 Å². The summed E-state index contributed by atoms with van der Waals surface area (Å²) in [7, 11) is 0. The SMILES string of the molecule is CC[C@]1(c2ccccc2)NC(=O)N(NC(=O)COc2ccc(C#N)cc2)C1=O. The van der Waals surface area contributed by atoms with Gasteiger partial charge in [-0.25, -0.2) is 4.79 Å². The van der Waals surface area contributed by atoms with Crippen LogP contribution in [0, 0.1) is 11.3 Å². The molecule has 3 rings (SSSR count). The van der Waals surface area contributed by atoms with E-state index >= 15 is 0 Å². The fraction of sp³-hybridized carbons (Fsp3) is 0.200. The summed E-state index contributed by atoms with van der Waals surface area (Å²) in [4.78, 5) is 37.4. The van der Waals surface area contributed by atoms with Crippen LogP contribution in [0.15, 0.2) is 54.6 Å². The van der Waals surface area contributed by atoms with Crippen LogP contribution in [0.5, 0.6) is 5.75 Å². The van der Waals surface area contributed by atoms with Gasteiger partial charge in [-0.3, -0.25) is 15.0 Å². The van der Waals surface area contributed by atoms with Gasteiger partial charge >= 0.3 is 6.03 Å². The summed E-state index contributed by atoms with van der Waals surface area (Å²) in [6, 6.07) is 16.4. The standard InChI is InChI=1S/C20H18N4O4/c1-2-20(15-6-4-3-5-7-15)18(26)24(19(27)22-20)23-17(25)13-28-16-10-8-14(12-21)9-11-16/h3-11H,2,13H2,1H3,(H,22,27)(H,23,25)/t20-/m1/s1. The molecule has 0 aliphatic carbocycles. The van der Waals surface area contributed by atoms with Crippen molar-refractivity contribution in [2.45, 2.75) is 18.9 Å². The van der Waals surface area contributed by atoms with E-state index in [-0.39, 0.29) is 0 Å². The molecule has 1 aliphatic rings. The monoisotopic (exact) mass is 378 g/mol. The fourth-order valence-corrected chi connectivity index (χ4v) is 2.97. The number of amides is 4. The van der Waals surface area contributed by atoms with Gasteiger partial charge in [0.25, 0.3) is 11.8 Å². The molecule has 0 spiro atoms. The maximum atomic E-state index is 12.9. The van der Waals surface area contributed by atoms with E-state index in [4.69, 9.17) is 10.00 Å². The molecule has 2 aromatic rings. The summed E-state index contributed by atoms with van der Waals surface area (Å²) >= 11 is 0. The lowest BCUT2D eigenvalue weighted by molar-refractivity contribution is -0.140. The minimum atomic E-state index is -1.22. The third-order valence-electron chi connectivity index (χ3n) is 4.48. The van der Waals surface area contributed by atoms with Gasteiger partial charge in [0.05, 0.1) is 11.6 Å². The molecule has 0 radical (unpaired) electrons. The van der Waals surface area contributed by atoms with Crippen molar-refractivity contribution in [1.82, 2.24) is 15.8 Å². The number of imide groups is 1. The number of urea groups is 1. The van der Waals surface area contributed by atoms with Crippen LogP contribution in [-0.2, 0) is 15.1 Å². The van der Waals surface area contributed by atoms with Crippen molar-refractivity contribution < 1.29 is 19.1 Å². The lowest BCUT2D eigenvalue weighted by Gasteiger charge is -2.25. The van der Waals surface area contributed by atoms with E-state index < -0.39 is 30.0 Å². The van der Waals surface area contributed by atoms with Gasteiger partial charge in [0.15, 0.2) is 6.61 Å². The zero-order valence-corrected chi connectivity index (χ0v) is 15.1. The van der Waals surface area contributed by atoms with Gasteiger partial charge in [-0.05, 0) is 36.2 Å². The highest BCUT2D eigenvalue weighted by Gasteiger charge is 2.52. The van der Waals surface area contributed by atoms with Crippen LogP contribution < -0.4 is 15.5 Å². The van der Waals surface area contributed by atoms with Crippen molar-refractivity contribution in [3.8, 4) is 11.8 Å². The first-order valence-corrected chi connectivity index (χ1v) is 8.65. The first kappa shape index (κ1) is 18.9. The van der Waals surface area contributed by atoms with Crippen molar-refractivity contribution in [3.63, 3.8) is 0 Å². The predicted octanol–water partition coefficient (Wildman–Crippen LogP) is 1.83. The third-order valence-corrected chi connectivity index (χ3v) is 4.48. The molecule has 2 N–H and O–H groups in total. The Kier molecular flexibility index (Phi) is 5.27. The molecular weight excluding hydrogens is 360 g/mol. The molecule has 1 atom stereocenters. The number of nitrogens with zero attached hydrogens (tertiary/aromatic N) is 2. The smallest absolute Gasteiger partial charge is 0.344 e. The number of rotatable bonds is 6. The first-order valence-electron chi connectivity index (χ1n) is 8.65. The molecule has 4 amide bonds. The Labute approximate surface area is 161 Å². The zero-order valence-electron chi connectivity index (χ0n) is 15.1. The van der Waals surface area contributed by atoms with Crippen molar-refractivity contribution >= 4 is 17.8 Å². The predicted molar refractivity (Wildman–Crippen MR) is 98.6 cm³/mol. The normalized spacial score (nSPS) is 18.4. The van der Waals surface area contributed by atoms with Crippen LogP contribution >= 0.6 is 0 Å². The minimum absolute atomic E-state index is 0.329. The van der Waals surface area contributed by atoms with E-state index in [9.17, 15) is 14.4 Å². The molecule has 142 valence electrons. The highest BCUT2D eigenvalue weighted by molar-refractivity contribution is 6.08. The molecule has 1 saturated heterocycles. The Morgan fingerprint density at radius 3 is 2.46 bits per heavy atom. The summed E-state index contributed by atoms with van der Waals surface area (Å²) < 4.78 is 5.32. The van der Waals surface area contributed by atoms with Crippen molar-refractivity contribution in [2.24, 2.45) is 0 Å². The number of nitrogens with one attached hydrogen (secondary N) is 2.